The summed E-state index contributed by atoms with van der Waals surface area (Å²) in [7, 11) is 0. The van der Waals surface area contributed by atoms with Crippen LogP contribution in [0.25, 0.3) is 0 Å². The first-order chi connectivity index (χ1) is 9.66. The summed E-state index contributed by atoms with van der Waals surface area (Å²) < 4.78 is 10.9. The summed E-state index contributed by atoms with van der Waals surface area (Å²) >= 11 is 0. The summed E-state index contributed by atoms with van der Waals surface area (Å²) in [5, 5.41) is 11.7. The highest BCUT2D eigenvalue weighted by Gasteiger charge is 2.41. The number of rotatable bonds is 3. The molecule has 2 atom stereocenters. The van der Waals surface area contributed by atoms with E-state index >= 15 is 0 Å². The van der Waals surface area contributed by atoms with E-state index in [2.05, 4.69) is 5.32 Å². The molecule has 6 nitrogen and oxygen atoms in total. The lowest BCUT2D eigenvalue weighted by Gasteiger charge is -2.32. The molecule has 1 saturated carbocycles. The quantitative estimate of drug-likeness (QED) is 0.874. The second-order valence-electron chi connectivity index (χ2n) is 4.95. The van der Waals surface area contributed by atoms with Crippen LogP contribution in [-0.2, 0) is 9.59 Å². The van der Waals surface area contributed by atoms with Crippen LogP contribution < -0.4 is 14.8 Å². The zero-order valence-corrected chi connectivity index (χ0v) is 10.8. The van der Waals surface area contributed by atoms with E-state index in [1.165, 1.54) is 0 Å². The Bertz CT molecular complexity index is 556. The zero-order valence-electron chi connectivity index (χ0n) is 10.8. The van der Waals surface area contributed by atoms with Crippen LogP contribution >= 0.6 is 0 Å². The number of benzene rings is 1. The van der Waals surface area contributed by atoms with Crippen LogP contribution in [0.2, 0.25) is 0 Å². The van der Waals surface area contributed by atoms with Crippen LogP contribution in [0.1, 0.15) is 12.8 Å². The van der Waals surface area contributed by atoms with Gasteiger partial charge in [-0.3, -0.25) is 9.59 Å². The third-order valence-electron chi connectivity index (χ3n) is 3.75. The minimum absolute atomic E-state index is 0.272. The molecule has 6 heteroatoms. The maximum atomic E-state index is 12.1. The average Bonchev–Trinajstić information content (AvgIpc) is 2.37. The standard InChI is InChI=1S/C14H15NO5/c16-13(8-4-5-9(8)14(17)18)15-10-2-1-3-11-12(10)20-7-6-19-11/h1-3,8-9H,4-7H2,(H,15,16)(H,17,18). The highest BCUT2D eigenvalue weighted by atomic mass is 16.6. The summed E-state index contributed by atoms with van der Waals surface area (Å²) in [4.78, 5) is 23.1. The molecule has 0 aromatic heterocycles. The number of hydrogen-bond acceptors (Lipinski definition) is 4. The number of aliphatic carboxylic acids is 1. The van der Waals surface area contributed by atoms with Gasteiger partial charge >= 0.3 is 5.97 Å². The molecule has 0 spiro atoms. The van der Waals surface area contributed by atoms with Gasteiger partial charge in [0.05, 0.1) is 17.5 Å². The molecular weight excluding hydrogens is 262 g/mol. The first-order valence-electron chi connectivity index (χ1n) is 6.59. The number of nitrogens with one attached hydrogen (secondary N) is 1. The lowest BCUT2D eigenvalue weighted by atomic mass is 9.73. The lowest BCUT2D eigenvalue weighted by molar-refractivity contribution is -0.151. The third kappa shape index (κ3) is 2.17. The van der Waals surface area contributed by atoms with Gasteiger partial charge in [0.2, 0.25) is 5.91 Å². The molecule has 2 unspecified atom stereocenters. The van der Waals surface area contributed by atoms with Crippen LogP contribution in [0.3, 0.4) is 0 Å². The molecule has 1 aromatic rings. The number of hydrogen-bond donors (Lipinski definition) is 2. The van der Waals surface area contributed by atoms with Gasteiger partial charge in [-0.15, -0.1) is 0 Å². The van der Waals surface area contributed by atoms with Crippen molar-refractivity contribution in [2.45, 2.75) is 12.8 Å². The highest BCUT2D eigenvalue weighted by molar-refractivity contribution is 5.97. The fraction of sp³-hybridized carbons (Fsp3) is 0.429. The smallest absolute Gasteiger partial charge is 0.307 e. The average molecular weight is 277 g/mol. The van der Waals surface area contributed by atoms with E-state index in [1.807, 2.05) is 0 Å². The molecular formula is C14H15NO5. The molecule has 1 amide bonds. The predicted molar refractivity (Wildman–Crippen MR) is 69.9 cm³/mol. The summed E-state index contributed by atoms with van der Waals surface area (Å²) in [5.74, 6) is -1.12. The number of carbonyl (C=O) groups excluding carboxylic acids is 1. The van der Waals surface area contributed by atoms with Crippen molar-refractivity contribution < 1.29 is 24.2 Å². The first-order valence-corrected chi connectivity index (χ1v) is 6.59. The maximum Gasteiger partial charge on any atom is 0.307 e. The number of ether oxygens (including phenoxy) is 2. The fourth-order valence-electron chi connectivity index (χ4n) is 2.51. The van der Waals surface area contributed by atoms with Crippen molar-refractivity contribution in [3.8, 4) is 11.5 Å². The van der Waals surface area contributed by atoms with E-state index in [-0.39, 0.29) is 5.91 Å². The van der Waals surface area contributed by atoms with Crippen molar-refractivity contribution >= 4 is 17.6 Å². The predicted octanol–water partition coefficient (Wildman–Crippen LogP) is 1.51. The van der Waals surface area contributed by atoms with Crippen molar-refractivity contribution in [3.05, 3.63) is 18.2 Å². The lowest BCUT2D eigenvalue weighted by Crippen LogP contribution is -2.41. The van der Waals surface area contributed by atoms with Crippen molar-refractivity contribution in [2.24, 2.45) is 11.8 Å². The number of carboxylic acids is 1. The normalized spacial score (nSPS) is 23.6. The minimum Gasteiger partial charge on any atom is -0.486 e. The van der Waals surface area contributed by atoms with Crippen LogP contribution in [0.5, 0.6) is 11.5 Å². The van der Waals surface area contributed by atoms with Gasteiger partial charge in [0.25, 0.3) is 0 Å². The van der Waals surface area contributed by atoms with Crippen LogP contribution in [0.4, 0.5) is 5.69 Å². The topological polar surface area (TPSA) is 84.9 Å². The van der Waals surface area contributed by atoms with Gasteiger partial charge in [-0.2, -0.15) is 0 Å². The van der Waals surface area contributed by atoms with Gasteiger partial charge in [0.1, 0.15) is 13.2 Å². The summed E-state index contributed by atoms with van der Waals surface area (Å²) in [6.07, 6.45) is 1.16. The van der Waals surface area contributed by atoms with E-state index in [0.717, 1.165) is 0 Å². The second kappa shape index (κ2) is 5.03. The Labute approximate surface area is 115 Å². The van der Waals surface area contributed by atoms with E-state index in [1.54, 1.807) is 18.2 Å². The molecule has 2 aliphatic rings. The Kier molecular flexibility index (Phi) is 3.22. The van der Waals surface area contributed by atoms with E-state index in [4.69, 9.17) is 14.6 Å². The molecule has 1 aromatic carbocycles. The molecule has 1 aliphatic carbocycles. The number of para-hydroxylation sites is 1. The Morgan fingerprint density at radius 3 is 2.60 bits per heavy atom. The number of fused-ring (bicyclic) bond motifs is 1. The number of amides is 1. The Morgan fingerprint density at radius 1 is 1.15 bits per heavy atom. The molecule has 0 radical (unpaired) electrons. The Morgan fingerprint density at radius 2 is 1.90 bits per heavy atom. The number of carboxylic acid groups (broad SMARTS) is 1. The highest BCUT2D eigenvalue weighted by Crippen LogP contribution is 2.39. The summed E-state index contributed by atoms with van der Waals surface area (Å²) in [6.45, 7) is 0.912. The monoisotopic (exact) mass is 277 g/mol. The summed E-state index contributed by atoms with van der Waals surface area (Å²) in [6, 6.07) is 5.26. The zero-order chi connectivity index (χ0) is 14.1. The van der Waals surface area contributed by atoms with Crippen LogP contribution in [0, 0.1) is 11.8 Å². The van der Waals surface area contributed by atoms with Crippen LogP contribution in [-0.4, -0.2) is 30.2 Å². The molecule has 20 heavy (non-hydrogen) atoms. The number of carbonyl (C=O) groups is 2. The molecule has 1 aliphatic heterocycles. The molecule has 1 fully saturated rings. The van der Waals surface area contributed by atoms with Gasteiger partial charge in [0, 0.05) is 0 Å². The van der Waals surface area contributed by atoms with Crippen LogP contribution in [0.15, 0.2) is 18.2 Å². The SMILES string of the molecule is O=C(O)C1CCC1C(=O)Nc1cccc2c1OCCO2. The third-order valence-corrected chi connectivity index (χ3v) is 3.75. The van der Waals surface area contributed by atoms with Crippen molar-refractivity contribution in [3.63, 3.8) is 0 Å². The Hall–Kier alpha value is -2.24. The Balaban J connectivity index is 1.75. The number of anilines is 1. The van der Waals surface area contributed by atoms with Crippen molar-refractivity contribution in [1.29, 1.82) is 0 Å². The minimum atomic E-state index is -0.911. The van der Waals surface area contributed by atoms with Gasteiger partial charge in [-0.05, 0) is 25.0 Å². The molecule has 2 N–H and O–H groups in total. The second-order valence-corrected chi connectivity index (χ2v) is 4.95. The van der Waals surface area contributed by atoms with E-state index in [0.29, 0.717) is 43.2 Å². The maximum absolute atomic E-state index is 12.1. The molecule has 106 valence electrons. The van der Waals surface area contributed by atoms with Crippen molar-refractivity contribution in [1.82, 2.24) is 0 Å². The molecule has 3 rings (SSSR count). The first kappa shape index (κ1) is 12.8. The van der Waals surface area contributed by atoms with Gasteiger partial charge in [-0.1, -0.05) is 6.07 Å². The van der Waals surface area contributed by atoms with E-state index in [9.17, 15) is 9.59 Å². The van der Waals surface area contributed by atoms with Gasteiger partial charge < -0.3 is 19.9 Å². The van der Waals surface area contributed by atoms with E-state index < -0.39 is 17.8 Å². The summed E-state index contributed by atoms with van der Waals surface area (Å²) in [5.41, 5.74) is 0.531. The van der Waals surface area contributed by atoms with Gasteiger partial charge in [0.15, 0.2) is 11.5 Å². The van der Waals surface area contributed by atoms with Crippen molar-refractivity contribution in [2.75, 3.05) is 18.5 Å². The molecule has 0 bridgehead atoms. The van der Waals surface area contributed by atoms with Gasteiger partial charge in [-0.25, -0.2) is 0 Å². The molecule has 1 heterocycles. The largest absolute Gasteiger partial charge is 0.486 e. The molecule has 0 saturated heterocycles. The fourth-order valence-corrected chi connectivity index (χ4v) is 2.51.